The second-order valence-electron chi connectivity index (χ2n) is 11.2. The van der Waals surface area contributed by atoms with Crippen LogP contribution in [0.3, 0.4) is 0 Å². The number of aliphatic imine (C=N–C) groups is 1. The van der Waals surface area contributed by atoms with E-state index < -0.39 is 5.60 Å². The zero-order valence-corrected chi connectivity index (χ0v) is 27.2. The van der Waals surface area contributed by atoms with Gasteiger partial charge in [0.1, 0.15) is 5.60 Å². The second-order valence-corrected chi connectivity index (χ2v) is 11.2. The van der Waals surface area contributed by atoms with E-state index in [0.717, 1.165) is 66.3 Å². The molecule has 8 heteroatoms. The van der Waals surface area contributed by atoms with Crippen LogP contribution in [0.25, 0.3) is 5.57 Å². The second kappa shape index (κ2) is 17.6. The van der Waals surface area contributed by atoms with Crippen LogP contribution in [0.2, 0.25) is 0 Å². The summed E-state index contributed by atoms with van der Waals surface area (Å²) in [6.45, 7) is 18.8. The Bertz CT molecular complexity index is 1340. The molecule has 0 N–H and O–H groups in total. The van der Waals surface area contributed by atoms with Crippen LogP contribution in [0.4, 0.5) is 4.79 Å². The number of rotatable bonds is 8. The normalized spacial score (nSPS) is 15.0. The van der Waals surface area contributed by atoms with Gasteiger partial charge in [0.15, 0.2) is 0 Å². The van der Waals surface area contributed by atoms with Gasteiger partial charge in [-0.25, -0.2) is 4.79 Å². The summed E-state index contributed by atoms with van der Waals surface area (Å²) < 4.78 is 5.54. The quantitative estimate of drug-likeness (QED) is 0.234. The standard InChI is InChI=1S/C26H38N4O2.C9H10N2/c1-8-10-14-27-20(3)24(22(9-2)23-13-11-12-15-28-23)21(4)29-16-18-30(19-17-29)25(31)32-26(5,6)7;1-2-3-9-6-8(7-10)4-5-11-9/h9-15H,8,16-19H2,1-7H3;4-6H,2-3H2,1H3/b14-10+,22-9-,24-21-,27-20+;. The van der Waals surface area contributed by atoms with Gasteiger partial charge >= 0.3 is 6.09 Å². The highest BCUT2D eigenvalue weighted by molar-refractivity contribution is 6.12. The van der Waals surface area contributed by atoms with Crippen LogP contribution in [0.5, 0.6) is 0 Å². The van der Waals surface area contributed by atoms with E-state index in [1.807, 2.05) is 77.4 Å². The van der Waals surface area contributed by atoms with E-state index in [-0.39, 0.29) is 6.09 Å². The number of allylic oxidation sites excluding steroid dienone is 5. The zero-order valence-electron chi connectivity index (χ0n) is 27.2. The maximum absolute atomic E-state index is 12.4. The number of ether oxygens (including phenoxy) is 1. The molecule has 1 aliphatic rings. The highest BCUT2D eigenvalue weighted by Gasteiger charge is 2.27. The predicted octanol–water partition coefficient (Wildman–Crippen LogP) is 7.60. The average molecular weight is 585 g/mol. The van der Waals surface area contributed by atoms with Crippen molar-refractivity contribution in [3.05, 3.63) is 89.3 Å². The van der Waals surface area contributed by atoms with Crippen molar-refractivity contribution in [1.82, 2.24) is 19.8 Å². The van der Waals surface area contributed by atoms with Crippen molar-refractivity contribution in [2.24, 2.45) is 4.99 Å². The van der Waals surface area contributed by atoms with Crippen molar-refractivity contribution in [3.8, 4) is 6.07 Å². The maximum Gasteiger partial charge on any atom is 0.410 e. The first-order chi connectivity index (χ1) is 20.5. The van der Waals surface area contributed by atoms with E-state index in [4.69, 9.17) is 15.0 Å². The molecule has 1 amide bonds. The van der Waals surface area contributed by atoms with Crippen LogP contribution in [0.15, 0.2) is 77.3 Å². The van der Waals surface area contributed by atoms with Gasteiger partial charge in [-0.15, -0.1) is 0 Å². The van der Waals surface area contributed by atoms with Crippen LogP contribution >= 0.6 is 0 Å². The van der Waals surface area contributed by atoms with E-state index in [1.54, 1.807) is 17.2 Å². The number of pyridine rings is 2. The number of carbonyl (C=O) groups excluding carboxylic acids is 1. The molecule has 1 saturated heterocycles. The van der Waals surface area contributed by atoms with Crippen molar-refractivity contribution >= 4 is 17.4 Å². The molecular formula is C35H48N6O2. The number of aromatic nitrogens is 2. The third kappa shape index (κ3) is 11.5. The van der Waals surface area contributed by atoms with Crippen LogP contribution in [-0.4, -0.2) is 63.4 Å². The molecule has 43 heavy (non-hydrogen) atoms. The van der Waals surface area contributed by atoms with Gasteiger partial charge in [-0.3, -0.25) is 15.0 Å². The van der Waals surface area contributed by atoms with Gasteiger partial charge in [-0.1, -0.05) is 38.5 Å². The summed E-state index contributed by atoms with van der Waals surface area (Å²) in [7, 11) is 0. The molecule has 0 unspecified atom stereocenters. The molecule has 8 nitrogen and oxygen atoms in total. The molecule has 0 aliphatic carbocycles. The molecule has 0 saturated carbocycles. The Balaban J connectivity index is 0.000000490. The predicted molar refractivity (Wildman–Crippen MR) is 175 cm³/mol. The summed E-state index contributed by atoms with van der Waals surface area (Å²) in [5, 5.41) is 8.55. The molecule has 3 rings (SSSR count). The number of nitriles is 1. The Kier molecular flexibility index (Phi) is 14.3. The van der Waals surface area contributed by atoms with E-state index in [9.17, 15) is 4.79 Å². The van der Waals surface area contributed by atoms with E-state index in [1.165, 1.54) is 0 Å². The van der Waals surface area contributed by atoms with Crippen molar-refractivity contribution in [2.45, 2.75) is 80.3 Å². The molecule has 2 aromatic heterocycles. The lowest BCUT2D eigenvalue weighted by molar-refractivity contribution is 0.0168. The van der Waals surface area contributed by atoms with Crippen molar-refractivity contribution < 1.29 is 9.53 Å². The summed E-state index contributed by atoms with van der Waals surface area (Å²) in [6.07, 6.45) is 12.2. The lowest BCUT2D eigenvalue weighted by Crippen LogP contribution is -2.49. The van der Waals surface area contributed by atoms with Gasteiger partial charge in [0.05, 0.1) is 17.3 Å². The van der Waals surface area contributed by atoms with Crippen molar-refractivity contribution in [1.29, 1.82) is 5.26 Å². The minimum atomic E-state index is -0.486. The highest BCUT2D eigenvalue weighted by Crippen LogP contribution is 2.28. The summed E-state index contributed by atoms with van der Waals surface area (Å²) in [4.78, 5) is 30.0. The minimum Gasteiger partial charge on any atom is -0.444 e. The molecule has 230 valence electrons. The average Bonchev–Trinajstić information content (AvgIpc) is 3.00. The largest absolute Gasteiger partial charge is 0.444 e. The number of nitrogens with zero attached hydrogens (tertiary/aromatic N) is 6. The fourth-order valence-corrected chi connectivity index (χ4v) is 4.58. The fourth-order valence-electron chi connectivity index (χ4n) is 4.58. The number of hydrogen-bond donors (Lipinski definition) is 0. The SMILES string of the molecule is CCCc1cc(C#N)ccn1.C\C=C(C(/C(C)=N/C=C/CC)=C(/C)N1CCN(C(=O)OC(C)(C)C)CC1)\c1ccccn1. The summed E-state index contributed by atoms with van der Waals surface area (Å²) in [6, 6.07) is 11.6. The van der Waals surface area contributed by atoms with Gasteiger partial charge in [0, 0.05) is 73.0 Å². The number of amides is 1. The summed E-state index contributed by atoms with van der Waals surface area (Å²) >= 11 is 0. The van der Waals surface area contributed by atoms with Crippen molar-refractivity contribution in [3.63, 3.8) is 0 Å². The Labute approximate surface area is 258 Å². The monoisotopic (exact) mass is 584 g/mol. The smallest absolute Gasteiger partial charge is 0.410 e. The first-order valence-electron chi connectivity index (χ1n) is 15.1. The molecule has 0 aromatic carbocycles. The van der Waals surface area contributed by atoms with E-state index >= 15 is 0 Å². The topological polar surface area (TPSA) is 94.7 Å². The number of aryl methyl sites for hydroxylation is 1. The van der Waals surface area contributed by atoms with Crippen molar-refractivity contribution in [2.75, 3.05) is 26.2 Å². The van der Waals surface area contributed by atoms with Crippen LogP contribution in [0.1, 0.15) is 85.2 Å². The summed E-state index contributed by atoms with van der Waals surface area (Å²) in [5.74, 6) is 0. The van der Waals surface area contributed by atoms with Crippen LogP contribution in [-0.2, 0) is 11.2 Å². The molecule has 1 aliphatic heterocycles. The zero-order chi connectivity index (χ0) is 31.8. The molecule has 1 fully saturated rings. The van der Waals surface area contributed by atoms with Gasteiger partial charge in [0.25, 0.3) is 0 Å². The maximum atomic E-state index is 12.4. The first-order valence-corrected chi connectivity index (χ1v) is 15.1. The number of piperazine rings is 1. The third-order valence-corrected chi connectivity index (χ3v) is 6.69. The Hall–Kier alpha value is -4.25. The first kappa shape index (κ1) is 34.9. The third-order valence-electron chi connectivity index (χ3n) is 6.69. The Morgan fingerprint density at radius 2 is 1.77 bits per heavy atom. The van der Waals surface area contributed by atoms with E-state index in [0.29, 0.717) is 18.7 Å². The summed E-state index contributed by atoms with van der Waals surface area (Å²) in [5.41, 5.74) is 6.36. The molecule has 0 bridgehead atoms. The molecular weight excluding hydrogens is 536 g/mol. The van der Waals surface area contributed by atoms with Crippen LogP contribution < -0.4 is 0 Å². The molecule has 2 aromatic rings. The number of carbonyl (C=O) groups is 1. The molecule has 0 atom stereocenters. The lowest BCUT2D eigenvalue weighted by Gasteiger charge is -2.38. The molecule has 3 heterocycles. The van der Waals surface area contributed by atoms with Gasteiger partial charge in [-0.2, -0.15) is 5.26 Å². The van der Waals surface area contributed by atoms with E-state index in [2.05, 4.69) is 47.8 Å². The molecule has 0 radical (unpaired) electrons. The van der Waals surface area contributed by atoms with Crippen LogP contribution in [0, 0.1) is 11.3 Å². The minimum absolute atomic E-state index is 0.246. The lowest BCUT2D eigenvalue weighted by atomic mass is 9.95. The van der Waals surface area contributed by atoms with Gasteiger partial charge < -0.3 is 14.5 Å². The van der Waals surface area contributed by atoms with Gasteiger partial charge in [-0.05, 0) is 78.6 Å². The van der Waals surface area contributed by atoms with Gasteiger partial charge in [0.2, 0.25) is 0 Å². The Morgan fingerprint density at radius 3 is 2.33 bits per heavy atom. The highest BCUT2D eigenvalue weighted by atomic mass is 16.6. The fraction of sp³-hybridized carbons (Fsp3) is 0.457. The Morgan fingerprint density at radius 1 is 1.07 bits per heavy atom. The number of hydrogen-bond acceptors (Lipinski definition) is 7. The molecule has 0 spiro atoms.